The molecule has 1 amide bonds. The van der Waals surface area contributed by atoms with Crippen molar-refractivity contribution in [2.45, 2.75) is 13.0 Å². The highest BCUT2D eigenvalue weighted by atomic mass is 16.2. The lowest BCUT2D eigenvalue weighted by Crippen LogP contribution is -2.36. The van der Waals surface area contributed by atoms with E-state index in [-0.39, 0.29) is 11.9 Å². The summed E-state index contributed by atoms with van der Waals surface area (Å²) in [5.74, 6) is 1.08. The van der Waals surface area contributed by atoms with Crippen LogP contribution in [0.15, 0.2) is 24.5 Å². The normalized spacial score (nSPS) is 11.9. The Morgan fingerprint density at radius 3 is 2.80 bits per heavy atom. The molecule has 0 saturated carbocycles. The number of aromatic nitrogens is 4. The van der Waals surface area contributed by atoms with Crippen molar-refractivity contribution >= 4 is 17.7 Å². The summed E-state index contributed by atoms with van der Waals surface area (Å²) in [5.41, 5.74) is 5.68. The smallest absolute Gasteiger partial charge is 0.244 e. The van der Waals surface area contributed by atoms with E-state index in [9.17, 15) is 4.79 Å². The van der Waals surface area contributed by atoms with Crippen molar-refractivity contribution in [2.75, 3.05) is 25.1 Å². The first kappa shape index (κ1) is 13.8. The van der Waals surface area contributed by atoms with Gasteiger partial charge in [0.05, 0.1) is 0 Å². The summed E-state index contributed by atoms with van der Waals surface area (Å²) >= 11 is 0. The Labute approximate surface area is 116 Å². The maximum Gasteiger partial charge on any atom is 0.244 e. The molecule has 0 spiro atoms. The van der Waals surface area contributed by atoms with Crippen LogP contribution in [0.3, 0.4) is 0 Å². The van der Waals surface area contributed by atoms with Crippen LogP contribution in [0.2, 0.25) is 0 Å². The molecule has 1 atom stereocenters. The fraction of sp³-hybridized carbons (Fsp3) is 0.333. The summed E-state index contributed by atoms with van der Waals surface area (Å²) in [6.45, 7) is 1.76. The second-order valence-electron chi connectivity index (χ2n) is 4.52. The average molecular weight is 275 g/mol. The molecule has 20 heavy (non-hydrogen) atoms. The third-order valence-electron chi connectivity index (χ3n) is 2.64. The number of anilines is 2. The molecule has 0 unspecified atom stereocenters. The lowest BCUT2D eigenvalue weighted by Gasteiger charge is -2.18. The summed E-state index contributed by atoms with van der Waals surface area (Å²) in [6, 6.07) is 3.05. The van der Waals surface area contributed by atoms with Crippen molar-refractivity contribution in [1.82, 2.24) is 24.6 Å². The zero-order chi connectivity index (χ0) is 14.7. The molecule has 2 rings (SSSR count). The van der Waals surface area contributed by atoms with Gasteiger partial charge in [-0.1, -0.05) is 0 Å². The number of carbonyl (C=O) groups is 1. The third kappa shape index (κ3) is 3.02. The predicted octanol–water partition coefficient (Wildman–Crippen LogP) is 0.133. The van der Waals surface area contributed by atoms with Crippen molar-refractivity contribution in [3.8, 4) is 5.82 Å². The first-order valence-electron chi connectivity index (χ1n) is 6.09. The Bertz CT molecular complexity index is 594. The maximum atomic E-state index is 11.8. The minimum absolute atomic E-state index is 0.0529. The zero-order valence-electron chi connectivity index (χ0n) is 11.6. The number of carbonyl (C=O) groups excluding carboxylic acids is 1. The van der Waals surface area contributed by atoms with Crippen molar-refractivity contribution in [3.05, 3.63) is 24.5 Å². The minimum atomic E-state index is -0.412. The van der Waals surface area contributed by atoms with Gasteiger partial charge in [0.25, 0.3) is 0 Å². The standard InChI is InChI=1S/C12H17N7O/c1-8(11(20)18(2)3)15-9-7-10(17-12(13)16-9)19-6-4-5-14-19/h4-8H,1-3H3,(H3,13,15,16,17)/t8-/m0/s1. The molecule has 0 aliphatic carbocycles. The summed E-state index contributed by atoms with van der Waals surface area (Å²) in [4.78, 5) is 21.5. The molecule has 2 aromatic heterocycles. The Morgan fingerprint density at radius 1 is 1.45 bits per heavy atom. The zero-order valence-corrected chi connectivity index (χ0v) is 11.6. The SMILES string of the molecule is C[C@H](Nc1cc(-n2cccn2)nc(N)n1)C(=O)N(C)C. The van der Waals surface area contributed by atoms with Gasteiger partial charge in [-0.3, -0.25) is 4.79 Å². The van der Waals surface area contributed by atoms with E-state index in [0.717, 1.165) is 0 Å². The summed E-state index contributed by atoms with van der Waals surface area (Å²) < 4.78 is 1.57. The number of nitrogen functional groups attached to an aromatic ring is 1. The highest BCUT2D eigenvalue weighted by molar-refractivity contribution is 5.83. The minimum Gasteiger partial charge on any atom is -0.368 e. The molecular formula is C12H17N7O. The second-order valence-corrected chi connectivity index (χ2v) is 4.52. The van der Waals surface area contributed by atoms with Gasteiger partial charge in [-0.2, -0.15) is 15.1 Å². The van der Waals surface area contributed by atoms with Gasteiger partial charge in [0, 0.05) is 32.6 Å². The molecule has 0 aliphatic rings. The molecule has 3 N–H and O–H groups in total. The van der Waals surface area contributed by atoms with Gasteiger partial charge < -0.3 is 16.0 Å². The molecule has 2 heterocycles. The van der Waals surface area contributed by atoms with E-state index in [0.29, 0.717) is 11.6 Å². The number of nitrogens with zero attached hydrogens (tertiary/aromatic N) is 5. The second kappa shape index (κ2) is 5.55. The summed E-state index contributed by atoms with van der Waals surface area (Å²) in [7, 11) is 3.40. The molecule has 0 fully saturated rings. The van der Waals surface area contributed by atoms with E-state index in [1.165, 1.54) is 4.90 Å². The maximum absolute atomic E-state index is 11.8. The van der Waals surface area contributed by atoms with Crippen LogP contribution in [0.25, 0.3) is 5.82 Å². The Kier molecular flexibility index (Phi) is 3.83. The third-order valence-corrected chi connectivity index (χ3v) is 2.64. The van der Waals surface area contributed by atoms with E-state index in [4.69, 9.17) is 5.73 Å². The quantitative estimate of drug-likeness (QED) is 0.822. The summed E-state index contributed by atoms with van der Waals surface area (Å²) in [5, 5.41) is 7.08. The first-order chi connectivity index (χ1) is 9.47. The number of nitrogens with one attached hydrogen (secondary N) is 1. The monoisotopic (exact) mass is 275 g/mol. The number of nitrogens with two attached hydrogens (primary N) is 1. The van der Waals surface area contributed by atoms with Crippen LogP contribution in [0.1, 0.15) is 6.92 Å². The Hall–Kier alpha value is -2.64. The van der Waals surface area contributed by atoms with Gasteiger partial charge in [-0.15, -0.1) is 0 Å². The van der Waals surface area contributed by atoms with E-state index in [2.05, 4.69) is 20.4 Å². The van der Waals surface area contributed by atoms with Crippen LogP contribution < -0.4 is 11.1 Å². The van der Waals surface area contributed by atoms with Crippen LogP contribution in [-0.4, -0.2) is 50.7 Å². The van der Waals surface area contributed by atoms with E-state index < -0.39 is 6.04 Å². The predicted molar refractivity (Wildman–Crippen MR) is 75.3 cm³/mol. The van der Waals surface area contributed by atoms with E-state index >= 15 is 0 Å². The van der Waals surface area contributed by atoms with Crippen LogP contribution in [-0.2, 0) is 4.79 Å². The number of rotatable bonds is 4. The van der Waals surface area contributed by atoms with Crippen LogP contribution in [0.4, 0.5) is 11.8 Å². The topological polar surface area (TPSA) is 102 Å². The lowest BCUT2D eigenvalue weighted by atomic mass is 10.3. The fourth-order valence-electron chi connectivity index (χ4n) is 1.72. The molecule has 0 saturated heterocycles. The van der Waals surface area contributed by atoms with Gasteiger partial charge in [0.15, 0.2) is 5.82 Å². The number of likely N-dealkylation sites (N-methyl/N-ethyl adjacent to an activating group) is 1. The number of hydrogen-bond donors (Lipinski definition) is 2. The van der Waals surface area contributed by atoms with Crippen molar-refractivity contribution in [1.29, 1.82) is 0 Å². The number of amides is 1. The molecule has 0 bridgehead atoms. The lowest BCUT2D eigenvalue weighted by molar-refractivity contribution is -0.129. The highest BCUT2D eigenvalue weighted by Crippen LogP contribution is 2.12. The van der Waals surface area contributed by atoms with Crippen LogP contribution in [0, 0.1) is 0 Å². The first-order valence-corrected chi connectivity index (χ1v) is 6.09. The molecule has 106 valence electrons. The van der Waals surface area contributed by atoms with Gasteiger partial charge in [0.2, 0.25) is 11.9 Å². The Balaban J connectivity index is 2.23. The Morgan fingerprint density at radius 2 is 2.20 bits per heavy atom. The van der Waals surface area contributed by atoms with Gasteiger partial charge in [-0.25, -0.2) is 4.68 Å². The molecule has 0 aromatic carbocycles. The molecular weight excluding hydrogens is 258 g/mol. The fourth-order valence-corrected chi connectivity index (χ4v) is 1.72. The summed E-state index contributed by atoms with van der Waals surface area (Å²) in [6.07, 6.45) is 3.39. The molecule has 2 aromatic rings. The number of hydrogen-bond acceptors (Lipinski definition) is 6. The molecule has 8 nitrogen and oxygen atoms in total. The molecule has 0 radical (unpaired) electrons. The van der Waals surface area contributed by atoms with Gasteiger partial charge in [0.1, 0.15) is 11.9 Å². The molecule has 0 aliphatic heterocycles. The largest absolute Gasteiger partial charge is 0.368 e. The van der Waals surface area contributed by atoms with Crippen LogP contribution in [0.5, 0.6) is 0 Å². The van der Waals surface area contributed by atoms with E-state index in [1.807, 2.05) is 0 Å². The van der Waals surface area contributed by atoms with Crippen molar-refractivity contribution in [2.24, 2.45) is 0 Å². The van der Waals surface area contributed by atoms with Crippen LogP contribution >= 0.6 is 0 Å². The van der Waals surface area contributed by atoms with Gasteiger partial charge in [-0.05, 0) is 13.0 Å². The van der Waals surface area contributed by atoms with Crippen molar-refractivity contribution < 1.29 is 4.79 Å². The average Bonchev–Trinajstić information content (AvgIpc) is 2.90. The van der Waals surface area contributed by atoms with Gasteiger partial charge >= 0.3 is 0 Å². The van der Waals surface area contributed by atoms with Crippen molar-refractivity contribution in [3.63, 3.8) is 0 Å². The highest BCUT2D eigenvalue weighted by Gasteiger charge is 2.16. The molecule has 8 heteroatoms. The van der Waals surface area contributed by atoms with E-state index in [1.54, 1.807) is 50.2 Å².